The highest BCUT2D eigenvalue weighted by molar-refractivity contribution is 9.10. The molecule has 0 aliphatic carbocycles. The molecular formula is C11H15BrCl2N2O2S. The van der Waals surface area contributed by atoms with Gasteiger partial charge in [0.2, 0.25) is 10.0 Å². The third kappa shape index (κ3) is 3.43. The Morgan fingerprint density at radius 1 is 1.47 bits per heavy atom. The second kappa shape index (κ2) is 6.74. The van der Waals surface area contributed by atoms with Crippen molar-refractivity contribution in [3.8, 4) is 0 Å². The molecular weight excluding hydrogens is 375 g/mol. The van der Waals surface area contributed by atoms with E-state index in [0.29, 0.717) is 29.1 Å². The Kier molecular flexibility index (Phi) is 6.10. The molecule has 4 nitrogen and oxygen atoms in total. The van der Waals surface area contributed by atoms with Gasteiger partial charge < -0.3 is 5.32 Å². The Hall–Kier alpha value is 0.150. The molecule has 1 aliphatic heterocycles. The van der Waals surface area contributed by atoms with Crippen LogP contribution in [-0.4, -0.2) is 38.4 Å². The van der Waals surface area contributed by atoms with Gasteiger partial charge in [0, 0.05) is 25.7 Å². The van der Waals surface area contributed by atoms with E-state index in [9.17, 15) is 8.42 Å². The zero-order valence-electron chi connectivity index (χ0n) is 10.3. The van der Waals surface area contributed by atoms with Crippen LogP contribution in [0, 0.1) is 0 Å². The summed E-state index contributed by atoms with van der Waals surface area (Å²) in [6.07, 6.45) is 0. The Bertz CT molecular complexity index is 554. The van der Waals surface area contributed by atoms with Crippen molar-refractivity contribution >= 4 is 50.0 Å². The number of nitrogens with one attached hydrogen (secondary N) is 1. The van der Waals surface area contributed by atoms with Crippen molar-refractivity contribution in [3.63, 3.8) is 0 Å². The second-order valence-corrected chi connectivity index (χ2v) is 7.28. The molecule has 0 amide bonds. The minimum Gasteiger partial charge on any atom is -0.314 e. The van der Waals surface area contributed by atoms with Crippen LogP contribution in [-0.2, 0) is 10.0 Å². The highest BCUT2D eigenvalue weighted by atomic mass is 79.9. The zero-order valence-corrected chi connectivity index (χ0v) is 14.2. The van der Waals surface area contributed by atoms with Gasteiger partial charge in [-0.25, -0.2) is 8.42 Å². The van der Waals surface area contributed by atoms with Gasteiger partial charge in [-0.3, -0.25) is 0 Å². The van der Waals surface area contributed by atoms with Crippen molar-refractivity contribution in [2.24, 2.45) is 0 Å². The minimum atomic E-state index is -3.50. The molecule has 2 rings (SSSR count). The number of piperazine rings is 1. The standard InChI is InChI=1S/C11H14BrClN2O2S.ClH/c1-8-7-14-5-6-15(8)18(16,17)10-4-2-3-9(13)11(10)12;/h2-4,8,14H,5-7H2,1H3;1H. The zero-order chi connectivity index (χ0) is 13.3. The molecule has 1 aromatic carbocycles. The molecule has 1 unspecified atom stereocenters. The highest BCUT2D eigenvalue weighted by Crippen LogP contribution is 2.32. The lowest BCUT2D eigenvalue weighted by Gasteiger charge is -2.33. The van der Waals surface area contributed by atoms with Crippen LogP contribution in [0.4, 0.5) is 0 Å². The lowest BCUT2D eigenvalue weighted by Crippen LogP contribution is -2.52. The van der Waals surface area contributed by atoms with E-state index < -0.39 is 10.0 Å². The molecule has 108 valence electrons. The fourth-order valence-corrected chi connectivity index (χ4v) is 4.82. The summed E-state index contributed by atoms with van der Waals surface area (Å²) in [4.78, 5) is 0.226. The molecule has 0 aromatic heterocycles. The smallest absolute Gasteiger partial charge is 0.244 e. The van der Waals surface area contributed by atoms with Crippen molar-refractivity contribution in [2.45, 2.75) is 17.9 Å². The van der Waals surface area contributed by atoms with E-state index in [-0.39, 0.29) is 23.3 Å². The summed E-state index contributed by atoms with van der Waals surface area (Å²) < 4.78 is 27.1. The lowest BCUT2D eigenvalue weighted by molar-refractivity contribution is 0.283. The summed E-state index contributed by atoms with van der Waals surface area (Å²) in [6.45, 7) is 3.70. The third-order valence-corrected chi connectivity index (χ3v) is 6.66. The predicted molar refractivity (Wildman–Crippen MR) is 82.6 cm³/mol. The Balaban J connectivity index is 0.00000180. The fourth-order valence-electron chi connectivity index (χ4n) is 1.99. The fraction of sp³-hybridized carbons (Fsp3) is 0.455. The first kappa shape index (κ1) is 17.2. The molecule has 8 heteroatoms. The maximum Gasteiger partial charge on any atom is 0.244 e. The third-order valence-electron chi connectivity index (χ3n) is 2.94. The van der Waals surface area contributed by atoms with Crippen LogP contribution >= 0.6 is 39.9 Å². The SMILES string of the molecule is CC1CNCCN1S(=O)(=O)c1cccc(Cl)c1Br.Cl. The first-order valence-corrected chi connectivity index (χ1v) is 8.22. The van der Waals surface area contributed by atoms with Crippen LogP contribution in [0.25, 0.3) is 0 Å². The molecule has 1 aromatic rings. The molecule has 1 fully saturated rings. The average Bonchev–Trinajstić information content (AvgIpc) is 2.32. The van der Waals surface area contributed by atoms with Crippen LogP contribution in [0.5, 0.6) is 0 Å². The number of halogens is 3. The number of sulfonamides is 1. The largest absolute Gasteiger partial charge is 0.314 e. The van der Waals surface area contributed by atoms with Crippen LogP contribution in [0.1, 0.15) is 6.92 Å². The monoisotopic (exact) mass is 388 g/mol. The van der Waals surface area contributed by atoms with Crippen molar-refractivity contribution in [2.75, 3.05) is 19.6 Å². The molecule has 19 heavy (non-hydrogen) atoms. The van der Waals surface area contributed by atoms with Gasteiger partial charge in [-0.1, -0.05) is 17.7 Å². The van der Waals surface area contributed by atoms with Gasteiger partial charge >= 0.3 is 0 Å². The molecule has 0 spiro atoms. The summed E-state index contributed by atoms with van der Waals surface area (Å²) in [5.74, 6) is 0. The molecule has 1 heterocycles. The second-order valence-electron chi connectivity index (χ2n) is 4.22. The van der Waals surface area contributed by atoms with E-state index in [1.807, 2.05) is 6.92 Å². The van der Waals surface area contributed by atoms with Gasteiger partial charge in [-0.2, -0.15) is 4.31 Å². The van der Waals surface area contributed by atoms with E-state index in [0.717, 1.165) is 0 Å². The maximum absolute atomic E-state index is 12.6. The Morgan fingerprint density at radius 2 is 2.16 bits per heavy atom. The van der Waals surface area contributed by atoms with E-state index >= 15 is 0 Å². The van der Waals surface area contributed by atoms with Gasteiger partial charge in [0.1, 0.15) is 0 Å². The number of rotatable bonds is 2. The van der Waals surface area contributed by atoms with Crippen LogP contribution in [0.15, 0.2) is 27.6 Å². The van der Waals surface area contributed by atoms with Crippen LogP contribution in [0.3, 0.4) is 0 Å². The van der Waals surface area contributed by atoms with E-state index in [1.165, 1.54) is 4.31 Å². The first-order chi connectivity index (χ1) is 8.44. The van der Waals surface area contributed by atoms with Gasteiger partial charge in [0.25, 0.3) is 0 Å². The van der Waals surface area contributed by atoms with Gasteiger partial charge in [0.05, 0.1) is 14.4 Å². The summed E-state index contributed by atoms with van der Waals surface area (Å²) in [5, 5.41) is 3.57. The minimum absolute atomic E-state index is 0. The normalized spacial score (nSPS) is 20.9. The van der Waals surface area contributed by atoms with E-state index in [1.54, 1.807) is 18.2 Å². The van der Waals surface area contributed by atoms with Crippen LogP contribution in [0.2, 0.25) is 5.02 Å². The van der Waals surface area contributed by atoms with Crippen molar-refractivity contribution < 1.29 is 8.42 Å². The predicted octanol–water partition coefficient (Wildman–Crippen LogP) is 2.51. The molecule has 1 saturated heterocycles. The number of hydrogen-bond donors (Lipinski definition) is 1. The Labute approximate surface area is 133 Å². The number of benzene rings is 1. The molecule has 1 atom stereocenters. The molecule has 0 bridgehead atoms. The van der Waals surface area contributed by atoms with Gasteiger partial charge in [0.15, 0.2) is 0 Å². The quantitative estimate of drug-likeness (QED) is 0.845. The molecule has 1 N–H and O–H groups in total. The summed E-state index contributed by atoms with van der Waals surface area (Å²) in [5.41, 5.74) is 0. The van der Waals surface area contributed by atoms with Crippen molar-refractivity contribution in [1.29, 1.82) is 0 Å². The summed E-state index contributed by atoms with van der Waals surface area (Å²) in [6, 6.07) is 4.81. The van der Waals surface area contributed by atoms with E-state index in [4.69, 9.17) is 11.6 Å². The Morgan fingerprint density at radius 3 is 2.79 bits per heavy atom. The maximum atomic E-state index is 12.6. The first-order valence-electron chi connectivity index (χ1n) is 5.61. The van der Waals surface area contributed by atoms with Gasteiger partial charge in [-0.05, 0) is 35.0 Å². The summed E-state index contributed by atoms with van der Waals surface area (Å²) in [7, 11) is -3.50. The highest BCUT2D eigenvalue weighted by Gasteiger charge is 2.32. The van der Waals surface area contributed by atoms with E-state index in [2.05, 4.69) is 21.2 Å². The molecule has 0 radical (unpaired) electrons. The number of nitrogens with zero attached hydrogens (tertiary/aromatic N) is 1. The topological polar surface area (TPSA) is 49.4 Å². The average molecular weight is 390 g/mol. The molecule has 1 aliphatic rings. The summed E-state index contributed by atoms with van der Waals surface area (Å²) >= 11 is 9.20. The molecule has 0 saturated carbocycles. The number of hydrogen-bond acceptors (Lipinski definition) is 3. The van der Waals surface area contributed by atoms with Crippen molar-refractivity contribution in [1.82, 2.24) is 9.62 Å². The van der Waals surface area contributed by atoms with Crippen molar-refractivity contribution in [3.05, 3.63) is 27.7 Å². The van der Waals surface area contributed by atoms with Crippen LogP contribution < -0.4 is 5.32 Å². The van der Waals surface area contributed by atoms with Gasteiger partial charge in [-0.15, -0.1) is 12.4 Å². The lowest BCUT2D eigenvalue weighted by atomic mass is 10.3.